The van der Waals surface area contributed by atoms with Crippen molar-refractivity contribution in [1.82, 2.24) is 19.6 Å². The second-order valence-corrected chi connectivity index (χ2v) is 7.38. The van der Waals surface area contributed by atoms with Crippen molar-refractivity contribution in [3.63, 3.8) is 0 Å². The van der Waals surface area contributed by atoms with Crippen molar-refractivity contribution in [2.75, 3.05) is 26.2 Å². The molecule has 162 valence electrons. The summed E-state index contributed by atoms with van der Waals surface area (Å²) in [6.07, 6.45) is -1.94. The molecule has 1 aromatic heterocycles. The van der Waals surface area contributed by atoms with Gasteiger partial charge in [-0.15, -0.1) is 0 Å². The fourth-order valence-corrected chi connectivity index (χ4v) is 3.45. The molecule has 0 spiro atoms. The highest BCUT2D eigenvalue weighted by Crippen LogP contribution is 2.29. The molecule has 0 aliphatic carbocycles. The van der Waals surface area contributed by atoms with Crippen LogP contribution in [0.1, 0.15) is 18.1 Å². The minimum Gasteiger partial charge on any atom is -0.340 e. The van der Waals surface area contributed by atoms with E-state index < -0.39 is 22.6 Å². The van der Waals surface area contributed by atoms with E-state index in [1.54, 1.807) is 17.9 Å². The Balaban J connectivity index is 1.51. The quantitative estimate of drug-likeness (QED) is 0.525. The highest BCUT2D eigenvalue weighted by atomic mass is 19.4. The van der Waals surface area contributed by atoms with Crippen LogP contribution in [0, 0.1) is 16.0 Å². The number of alkyl halides is 3. The van der Waals surface area contributed by atoms with Crippen LogP contribution in [0.3, 0.4) is 0 Å². The predicted molar refractivity (Wildman–Crippen MR) is 101 cm³/mol. The lowest BCUT2D eigenvalue weighted by molar-refractivity contribution is -0.385. The Morgan fingerprint density at radius 1 is 1.27 bits per heavy atom. The van der Waals surface area contributed by atoms with Gasteiger partial charge in [-0.1, -0.05) is 25.1 Å². The van der Waals surface area contributed by atoms with Crippen LogP contribution in [0.2, 0.25) is 0 Å². The normalized spacial score (nSPS) is 16.5. The van der Waals surface area contributed by atoms with Crippen LogP contribution in [-0.4, -0.2) is 56.6 Å². The largest absolute Gasteiger partial charge is 0.416 e. The monoisotopic (exact) mass is 425 g/mol. The van der Waals surface area contributed by atoms with E-state index in [0.717, 1.165) is 18.3 Å². The zero-order valence-corrected chi connectivity index (χ0v) is 16.4. The number of carbonyl (C=O) groups excluding carboxylic acids is 1. The summed E-state index contributed by atoms with van der Waals surface area (Å²) in [5.74, 6) is -0.480. The maximum atomic E-state index is 12.9. The number of nitro groups is 1. The highest BCUT2D eigenvalue weighted by Gasteiger charge is 2.31. The number of hydrogen-bond acceptors (Lipinski definition) is 5. The summed E-state index contributed by atoms with van der Waals surface area (Å²) in [6.45, 7) is 4.42. The van der Waals surface area contributed by atoms with Gasteiger partial charge in [0.1, 0.15) is 12.4 Å². The van der Waals surface area contributed by atoms with Crippen molar-refractivity contribution in [3.8, 4) is 0 Å². The molecule has 0 radical (unpaired) electrons. The SMILES string of the molecule is CC(Cn1cc([N+](=O)[O-])cn1)C(=O)N1CCN(Cc2cccc(C(F)(F)F)c2)CC1. The number of amides is 1. The van der Waals surface area contributed by atoms with E-state index in [1.807, 2.05) is 4.90 Å². The number of hydrogen-bond donors (Lipinski definition) is 0. The minimum atomic E-state index is -4.37. The van der Waals surface area contributed by atoms with Crippen LogP contribution in [0.5, 0.6) is 0 Å². The number of piperazine rings is 1. The van der Waals surface area contributed by atoms with Crippen LogP contribution in [0.25, 0.3) is 0 Å². The summed E-state index contributed by atoms with van der Waals surface area (Å²) < 4.78 is 40.0. The van der Waals surface area contributed by atoms with E-state index >= 15 is 0 Å². The Bertz CT molecular complexity index is 907. The number of aromatic nitrogens is 2. The maximum absolute atomic E-state index is 12.9. The summed E-state index contributed by atoms with van der Waals surface area (Å²) in [5, 5.41) is 14.6. The van der Waals surface area contributed by atoms with Crippen molar-refractivity contribution in [1.29, 1.82) is 0 Å². The molecule has 2 heterocycles. The molecule has 0 N–H and O–H groups in total. The van der Waals surface area contributed by atoms with Crippen molar-refractivity contribution >= 4 is 11.6 Å². The summed E-state index contributed by atoms with van der Waals surface area (Å²) in [4.78, 5) is 26.6. The molecule has 1 unspecified atom stereocenters. The first kappa shape index (κ1) is 21.8. The van der Waals surface area contributed by atoms with Gasteiger partial charge in [0.25, 0.3) is 0 Å². The predicted octanol–water partition coefficient (Wildman–Crippen LogP) is 2.79. The zero-order valence-electron chi connectivity index (χ0n) is 16.4. The molecule has 1 saturated heterocycles. The highest BCUT2D eigenvalue weighted by molar-refractivity contribution is 5.78. The van der Waals surface area contributed by atoms with Crippen molar-refractivity contribution in [2.24, 2.45) is 5.92 Å². The first-order chi connectivity index (χ1) is 14.1. The van der Waals surface area contributed by atoms with Gasteiger partial charge < -0.3 is 4.90 Å². The first-order valence-electron chi connectivity index (χ1n) is 9.47. The van der Waals surface area contributed by atoms with Crippen LogP contribution in [0.15, 0.2) is 36.7 Å². The lowest BCUT2D eigenvalue weighted by Crippen LogP contribution is -2.50. The van der Waals surface area contributed by atoms with Crippen LogP contribution >= 0.6 is 0 Å². The van der Waals surface area contributed by atoms with Gasteiger partial charge in [0.2, 0.25) is 5.91 Å². The standard InChI is InChI=1S/C19H22F3N5O3/c1-14(11-26-13-17(10-23-26)27(29)30)18(28)25-7-5-24(6-8-25)12-15-3-2-4-16(9-15)19(20,21)22/h2-4,9-10,13-14H,5-8,11-12H2,1H3. The molecule has 1 aliphatic rings. The van der Waals surface area contributed by atoms with E-state index in [0.29, 0.717) is 38.3 Å². The van der Waals surface area contributed by atoms with Crippen molar-refractivity contribution < 1.29 is 22.9 Å². The summed E-state index contributed by atoms with van der Waals surface area (Å²) in [5.41, 5.74) is -0.211. The number of carbonyl (C=O) groups is 1. The molecule has 1 aliphatic heterocycles. The minimum absolute atomic E-state index is 0.0770. The van der Waals surface area contributed by atoms with Gasteiger partial charge in [0, 0.05) is 32.7 Å². The fourth-order valence-electron chi connectivity index (χ4n) is 3.45. The molecule has 1 atom stereocenters. The maximum Gasteiger partial charge on any atom is 0.416 e. The van der Waals surface area contributed by atoms with E-state index in [-0.39, 0.29) is 18.1 Å². The van der Waals surface area contributed by atoms with E-state index in [4.69, 9.17) is 0 Å². The Labute approximate surface area is 171 Å². The second-order valence-electron chi connectivity index (χ2n) is 7.38. The van der Waals surface area contributed by atoms with E-state index in [9.17, 15) is 28.1 Å². The average molecular weight is 425 g/mol. The van der Waals surface area contributed by atoms with Gasteiger partial charge in [0.15, 0.2) is 0 Å². The van der Waals surface area contributed by atoms with Gasteiger partial charge >= 0.3 is 11.9 Å². The van der Waals surface area contributed by atoms with E-state index in [1.165, 1.54) is 16.9 Å². The smallest absolute Gasteiger partial charge is 0.340 e. The van der Waals surface area contributed by atoms with Gasteiger partial charge in [-0.05, 0) is 11.6 Å². The molecule has 0 bridgehead atoms. The van der Waals surface area contributed by atoms with Gasteiger partial charge in [-0.25, -0.2) is 0 Å². The van der Waals surface area contributed by atoms with Crippen LogP contribution in [-0.2, 0) is 24.1 Å². The number of halogens is 3. The second kappa shape index (κ2) is 8.82. The summed E-state index contributed by atoms with van der Waals surface area (Å²) >= 11 is 0. The van der Waals surface area contributed by atoms with Crippen LogP contribution in [0.4, 0.5) is 18.9 Å². The third-order valence-corrected chi connectivity index (χ3v) is 5.06. The molecule has 8 nitrogen and oxygen atoms in total. The number of rotatable bonds is 6. The first-order valence-corrected chi connectivity index (χ1v) is 9.47. The van der Waals surface area contributed by atoms with Crippen LogP contribution < -0.4 is 0 Å². The molecule has 0 saturated carbocycles. The van der Waals surface area contributed by atoms with Gasteiger partial charge in [-0.3, -0.25) is 24.5 Å². The lowest BCUT2D eigenvalue weighted by Gasteiger charge is -2.36. The Morgan fingerprint density at radius 2 is 1.97 bits per heavy atom. The molecule has 30 heavy (non-hydrogen) atoms. The third kappa shape index (κ3) is 5.35. The van der Waals surface area contributed by atoms with Gasteiger partial charge in [-0.2, -0.15) is 18.3 Å². The number of benzene rings is 1. The third-order valence-electron chi connectivity index (χ3n) is 5.06. The summed E-state index contributed by atoms with van der Waals surface area (Å²) in [6, 6.07) is 5.27. The average Bonchev–Trinajstić information content (AvgIpc) is 3.16. The molecule has 1 amide bonds. The van der Waals surface area contributed by atoms with Crippen molar-refractivity contribution in [2.45, 2.75) is 26.2 Å². The molecule has 11 heteroatoms. The Hall–Kier alpha value is -2.95. The zero-order chi connectivity index (χ0) is 21.9. The Morgan fingerprint density at radius 3 is 2.57 bits per heavy atom. The van der Waals surface area contributed by atoms with Gasteiger partial charge in [0.05, 0.1) is 22.9 Å². The van der Waals surface area contributed by atoms with E-state index in [2.05, 4.69) is 5.10 Å². The topological polar surface area (TPSA) is 84.5 Å². The molecular weight excluding hydrogens is 403 g/mol. The molecule has 3 rings (SSSR count). The number of nitrogens with zero attached hydrogens (tertiary/aromatic N) is 5. The van der Waals surface area contributed by atoms with Crippen molar-refractivity contribution in [3.05, 3.63) is 57.9 Å². The fraction of sp³-hybridized carbons (Fsp3) is 0.474. The molecule has 2 aromatic rings. The summed E-state index contributed by atoms with van der Waals surface area (Å²) in [7, 11) is 0. The molecular formula is C19H22F3N5O3. The molecule has 1 aromatic carbocycles. The Kier molecular flexibility index (Phi) is 6.40. The lowest BCUT2D eigenvalue weighted by atomic mass is 10.1. The molecule has 1 fully saturated rings.